The van der Waals surface area contributed by atoms with E-state index in [9.17, 15) is 9.18 Å². The zero-order valence-corrected chi connectivity index (χ0v) is 17.3. The largest absolute Gasteiger partial charge is 0.340 e. The number of carbonyl (C=O) groups excluding carboxylic acids is 1. The zero-order valence-electron chi connectivity index (χ0n) is 15.7. The number of quaternary nitrogens is 1. The molecule has 142 valence electrons. The van der Waals surface area contributed by atoms with Crippen molar-refractivity contribution in [1.82, 2.24) is 4.98 Å². The molecule has 0 unspecified atom stereocenters. The molecule has 1 aromatic heterocycles. The summed E-state index contributed by atoms with van der Waals surface area (Å²) in [6.45, 7) is 1.53. The lowest BCUT2D eigenvalue weighted by molar-refractivity contribution is -0.858. The lowest BCUT2D eigenvalue weighted by Gasteiger charge is -2.20. The Morgan fingerprint density at radius 3 is 2.63 bits per heavy atom. The van der Waals surface area contributed by atoms with E-state index in [1.807, 2.05) is 30.5 Å². The van der Waals surface area contributed by atoms with Gasteiger partial charge in [-0.1, -0.05) is 11.3 Å². The number of carbonyl (C=O) groups is 1. The van der Waals surface area contributed by atoms with Crippen LogP contribution in [0.15, 0.2) is 47.4 Å². The first kappa shape index (κ1) is 19.8. The molecule has 3 rings (SSSR count). The van der Waals surface area contributed by atoms with Crippen molar-refractivity contribution in [3.63, 3.8) is 0 Å². The lowest BCUT2D eigenvalue weighted by atomic mass is 10.2. The summed E-state index contributed by atoms with van der Waals surface area (Å²) in [6.07, 6.45) is 2.87. The molecule has 0 aliphatic rings. The van der Waals surface area contributed by atoms with E-state index in [1.54, 1.807) is 22.7 Å². The molecule has 1 N–H and O–H groups in total. The van der Waals surface area contributed by atoms with Gasteiger partial charge in [-0.25, -0.2) is 9.37 Å². The highest BCUT2D eigenvalue weighted by Crippen LogP contribution is 2.30. The van der Waals surface area contributed by atoms with Crippen molar-refractivity contribution >= 4 is 44.4 Å². The highest BCUT2D eigenvalue weighted by molar-refractivity contribution is 7.98. The molecule has 0 fully saturated rings. The number of thioether (sulfide) groups is 1. The average Bonchev–Trinajstić information content (AvgIpc) is 3.07. The number of anilines is 1. The molecule has 27 heavy (non-hydrogen) atoms. The number of hydrogen-bond donors (Lipinski definition) is 1. The van der Waals surface area contributed by atoms with E-state index >= 15 is 0 Å². The molecule has 0 radical (unpaired) electrons. The minimum absolute atomic E-state index is 0.0732. The molecule has 0 saturated heterocycles. The first-order valence-corrected chi connectivity index (χ1v) is 10.8. The molecule has 0 aliphatic carbocycles. The van der Waals surface area contributed by atoms with Crippen molar-refractivity contribution < 1.29 is 14.1 Å². The van der Waals surface area contributed by atoms with Gasteiger partial charge in [0.15, 0.2) is 5.13 Å². The van der Waals surface area contributed by atoms with Crippen LogP contribution >= 0.6 is 23.1 Å². The first-order valence-electron chi connectivity index (χ1n) is 8.79. The molecule has 0 atom stereocenters. The molecule has 0 saturated carbocycles. The molecule has 2 aromatic carbocycles. The fourth-order valence-electron chi connectivity index (χ4n) is 2.77. The van der Waals surface area contributed by atoms with Crippen LogP contribution in [-0.2, 0) is 0 Å². The second-order valence-electron chi connectivity index (χ2n) is 6.60. The monoisotopic (exact) mass is 404 g/mol. The number of thiazole rings is 1. The fraction of sp³-hybridized carbons (Fsp3) is 0.300. The first-order chi connectivity index (χ1) is 13.0. The number of benzene rings is 2. The van der Waals surface area contributed by atoms with E-state index in [1.165, 1.54) is 28.4 Å². The van der Waals surface area contributed by atoms with Crippen LogP contribution in [0.1, 0.15) is 16.8 Å². The summed E-state index contributed by atoms with van der Waals surface area (Å²) in [5.74, 6) is -0.365. The fourth-order valence-corrected chi connectivity index (χ4v) is 4.19. The van der Waals surface area contributed by atoms with Crippen LogP contribution in [0.5, 0.6) is 0 Å². The molecule has 1 heterocycles. The second kappa shape index (κ2) is 8.82. The minimum atomic E-state index is -0.292. The van der Waals surface area contributed by atoms with Gasteiger partial charge in [0, 0.05) is 23.4 Å². The minimum Gasteiger partial charge on any atom is -0.340 e. The topological polar surface area (TPSA) is 37.6 Å². The van der Waals surface area contributed by atoms with Gasteiger partial charge in [-0.05, 0) is 48.7 Å². The quantitative estimate of drug-likeness (QED) is 0.614. The average molecular weight is 405 g/mol. The SMILES string of the molecule is CSc1ccc(C(=O)N(CCC[NH+](C)C)c2nc3ccc(F)cc3s2)cc1. The Labute approximate surface area is 167 Å². The Bertz CT molecular complexity index is 925. The third-order valence-corrected chi connectivity index (χ3v) is 6.00. The van der Waals surface area contributed by atoms with Crippen LogP contribution in [-0.4, -0.2) is 44.3 Å². The van der Waals surface area contributed by atoms with E-state index in [4.69, 9.17) is 0 Å². The van der Waals surface area contributed by atoms with Crippen LogP contribution in [0.25, 0.3) is 10.2 Å². The Morgan fingerprint density at radius 1 is 1.22 bits per heavy atom. The van der Waals surface area contributed by atoms with E-state index in [0.717, 1.165) is 22.6 Å². The number of amides is 1. The maximum absolute atomic E-state index is 13.5. The third-order valence-electron chi connectivity index (χ3n) is 4.21. The van der Waals surface area contributed by atoms with Crippen LogP contribution in [0, 0.1) is 5.82 Å². The van der Waals surface area contributed by atoms with Gasteiger partial charge < -0.3 is 4.90 Å². The van der Waals surface area contributed by atoms with Crippen molar-refractivity contribution in [2.45, 2.75) is 11.3 Å². The smallest absolute Gasteiger partial charge is 0.260 e. The van der Waals surface area contributed by atoms with E-state index in [0.29, 0.717) is 22.8 Å². The maximum Gasteiger partial charge on any atom is 0.260 e. The molecule has 3 aromatic rings. The van der Waals surface area contributed by atoms with Gasteiger partial charge in [0.25, 0.3) is 5.91 Å². The second-order valence-corrected chi connectivity index (χ2v) is 8.49. The molecule has 1 amide bonds. The number of hydrogen-bond acceptors (Lipinski definition) is 4. The summed E-state index contributed by atoms with van der Waals surface area (Å²) >= 11 is 2.99. The van der Waals surface area contributed by atoms with Crippen LogP contribution < -0.4 is 9.80 Å². The summed E-state index contributed by atoms with van der Waals surface area (Å²) in [7, 11) is 4.18. The number of fused-ring (bicyclic) bond motifs is 1. The van der Waals surface area contributed by atoms with Crippen molar-refractivity contribution in [2.75, 3.05) is 38.3 Å². The van der Waals surface area contributed by atoms with E-state index in [-0.39, 0.29) is 11.7 Å². The normalized spacial score (nSPS) is 11.3. The van der Waals surface area contributed by atoms with Gasteiger partial charge in [0.2, 0.25) is 0 Å². The van der Waals surface area contributed by atoms with Gasteiger partial charge in [-0.2, -0.15) is 0 Å². The molecule has 0 spiro atoms. The molecule has 0 bridgehead atoms. The predicted octanol–water partition coefficient (Wildman–Crippen LogP) is 3.34. The van der Waals surface area contributed by atoms with Crippen molar-refractivity contribution in [2.24, 2.45) is 0 Å². The predicted molar refractivity (Wildman–Crippen MR) is 112 cm³/mol. The summed E-state index contributed by atoms with van der Waals surface area (Å²) in [5.41, 5.74) is 1.35. The molecule has 0 aliphatic heterocycles. The van der Waals surface area contributed by atoms with Crippen LogP contribution in [0.2, 0.25) is 0 Å². The summed E-state index contributed by atoms with van der Waals surface area (Å²) in [5, 5.41) is 0.614. The molecular weight excluding hydrogens is 381 g/mol. The number of nitrogens with zero attached hydrogens (tertiary/aromatic N) is 2. The number of rotatable bonds is 7. The number of nitrogens with one attached hydrogen (secondary N) is 1. The standard InChI is InChI=1S/C20H22FN3OS2/c1-23(2)11-4-12-24(19(25)14-5-8-16(26-3)9-6-14)20-22-17-10-7-15(21)13-18(17)27-20/h5-10,13H,4,11-12H2,1-3H3/p+1. The third kappa shape index (κ3) is 4.86. The van der Waals surface area contributed by atoms with Gasteiger partial charge >= 0.3 is 0 Å². The van der Waals surface area contributed by atoms with Crippen molar-refractivity contribution in [3.05, 3.63) is 53.8 Å². The van der Waals surface area contributed by atoms with Crippen molar-refractivity contribution in [1.29, 1.82) is 0 Å². The molecule has 4 nitrogen and oxygen atoms in total. The maximum atomic E-state index is 13.5. The van der Waals surface area contributed by atoms with Crippen LogP contribution in [0.3, 0.4) is 0 Å². The van der Waals surface area contributed by atoms with Gasteiger partial charge in [0.1, 0.15) is 5.82 Å². The van der Waals surface area contributed by atoms with Crippen molar-refractivity contribution in [3.8, 4) is 0 Å². The lowest BCUT2D eigenvalue weighted by Crippen LogP contribution is -3.05. The summed E-state index contributed by atoms with van der Waals surface area (Å²) < 4.78 is 14.3. The Morgan fingerprint density at radius 2 is 1.96 bits per heavy atom. The van der Waals surface area contributed by atoms with Gasteiger partial charge in [0.05, 0.1) is 30.9 Å². The molecular formula is C20H23FN3OS2+. The van der Waals surface area contributed by atoms with Gasteiger partial charge in [-0.3, -0.25) is 9.69 Å². The van der Waals surface area contributed by atoms with E-state index in [2.05, 4.69) is 19.1 Å². The highest BCUT2D eigenvalue weighted by Gasteiger charge is 2.21. The Hall–Kier alpha value is -1.96. The van der Waals surface area contributed by atoms with Crippen LogP contribution in [0.4, 0.5) is 9.52 Å². The Kier molecular flexibility index (Phi) is 6.46. The van der Waals surface area contributed by atoms with E-state index < -0.39 is 0 Å². The number of aromatic nitrogens is 1. The highest BCUT2D eigenvalue weighted by atomic mass is 32.2. The summed E-state index contributed by atoms with van der Waals surface area (Å²) in [6, 6.07) is 12.1. The Balaban J connectivity index is 1.91. The van der Waals surface area contributed by atoms with Gasteiger partial charge in [-0.15, -0.1) is 11.8 Å². The molecule has 7 heteroatoms. The summed E-state index contributed by atoms with van der Waals surface area (Å²) in [4.78, 5) is 21.9. The number of halogens is 1. The zero-order chi connectivity index (χ0) is 19.4.